The van der Waals surface area contributed by atoms with Crippen LogP contribution in [0.15, 0.2) is 18.2 Å². The van der Waals surface area contributed by atoms with Crippen LogP contribution in [-0.4, -0.2) is 0 Å². The molecular weight excluding hydrogens is 136 g/mol. The Morgan fingerprint density at radius 3 is 2.43 bits per heavy atom. The Hall–Kier alpha value is -0.000519. The molecule has 1 heteroatoms. The normalized spacial score (nSPS) is 16.0. The van der Waals surface area contributed by atoms with Crippen LogP contribution >= 0.6 is 0 Å². The van der Waals surface area contributed by atoms with E-state index in [9.17, 15) is 0 Å². The van der Waals surface area contributed by atoms with Gasteiger partial charge in [-0.2, -0.15) is 6.08 Å². The first-order chi connectivity index (χ1) is 3.00. The van der Waals surface area contributed by atoms with Crippen LogP contribution in [0, 0.1) is 6.08 Å². The van der Waals surface area contributed by atoms with Crippen molar-refractivity contribution in [2.45, 2.75) is 12.8 Å². The molecule has 0 aromatic carbocycles. The predicted molar refractivity (Wildman–Crippen MR) is 26.2 cm³/mol. The smallest absolute Gasteiger partial charge is 0.275 e. The molecule has 1 rings (SSSR count). The topological polar surface area (TPSA) is 0 Å². The van der Waals surface area contributed by atoms with Crippen molar-refractivity contribution in [3.63, 3.8) is 0 Å². The Kier molecular flexibility index (Phi) is 4.17. The second kappa shape index (κ2) is 4.17. The average molecular weight is 143 g/mol. The van der Waals surface area contributed by atoms with Gasteiger partial charge in [0, 0.05) is 0 Å². The summed E-state index contributed by atoms with van der Waals surface area (Å²) < 4.78 is 0. The van der Waals surface area contributed by atoms with Gasteiger partial charge in [-0.3, -0.25) is 6.08 Å². The van der Waals surface area contributed by atoms with E-state index in [1.54, 1.807) is 0 Å². The van der Waals surface area contributed by atoms with Gasteiger partial charge in [-0.15, -0.1) is 6.42 Å². The molecule has 0 unspecified atom stereocenters. The molecule has 0 aliphatic heterocycles. The SMILES string of the molecule is [C-]1=CC=CCC1.[Cu+]. The summed E-state index contributed by atoms with van der Waals surface area (Å²) in [7, 11) is 0. The fourth-order valence-corrected chi connectivity index (χ4v) is 0.482. The molecule has 1 aliphatic carbocycles. The molecule has 0 bridgehead atoms. The zero-order valence-corrected chi connectivity index (χ0v) is 4.89. The van der Waals surface area contributed by atoms with E-state index in [1.165, 1.54) is 6.42 Å². The number of rotatable bonds is 0. The van der Waals surface area contributed by atoms with Crippen LogP contribution < -0.4 is 0 Å². The molecule has 0 atom stereocenters. The third-order valence-corrected chi connectivity index (χ3v) is 0.806. The largest absolute Gasteiger partial charge is 1.00 e. The minimum Gasteiger partial charge on any atom is -0.275 e. The van der Waals surface area contributed by atoms with Gasteiger partial charge in [-0.1, -0.05) is 6.42 Å². The number of allylic oxidation sites excluding steroid dienone is 4. The van der Waals surface area contributed by atoms with Crippen LogP contribution in [0.4, 0.5) is 0 Å². The molecule has 0 amide bonds. The zero-order valence-electron chi connectivity index (χ0n) is 3.95. The van der Waals surface area contributed by atoms with Crippen LogP contribution in [0.25, 0.3) is 0 Å². The molecule has 0 radical (unpaired) electrons. The van der Waals surface area contributed by atoms with Crippen LogP contribution in [0.3, 0.4) is 0 Å². The molecule has 0 aromatic heterocycles. The quantitative estimate of drug-likeness (QED) is 0.357. The van der Waals surface area contributed by atoms with Gasteiger partial charge < -0.3 is 0 Å². The Morgan fingerprint density at radius 1 is 1.43 bits per heavy atom. The van der Waals surface area contributed by atoms with E-state index in [4.69, 9.17) is 0 Å². The van der Waals surface area contributed by atoms with Crippen LogP contribution in [-0.2, 0) is 17.1 Å². The average Bonchev–Trinajstić information content (AvgIpc) is 1.72. The van der Waals surface area contributed by atoms with Gasteiger partial charge in [0.2, 0.25) is 0 Å². The molecule has 0 N–H and O–H groups in total. The molecule has 0 nitrogen and oxygen atoms in total. The van der Waals surface area contributed by atoms with Gasteiger partial charge in [0.15, 0.2) is 0 Å². The van der Waals surface area contributed by atoms with Crippen molar-refractivity contribution < 1.29 is 17.1 Å². The first-order valence-corrected chi connectivity index (χ1v) is 2.22. The maximum atomic E-state index is 3.07. The second-order valence-corrected chi connectivity index (χ2v) is 1.34. The fraction of sp³-hybridized carbons (Fsp3) is 0.333. The van der Waals surface area contributed by atoms with Crippen molar-refractivity contribution in [1.29, 1.82) is 0 Å². The first-order valence-electron chi connectivity index (χ1n) is 2.22. The summed E-state index contributed by atoms with van der Waals surface area (Å²) in [5, 5.41) is 0. The van der Waals surface area contributed by atoms with Gasteiger partial charge in [0.1, 0.15) is 0 Å². The van der Waals surface area contributed by atoms with Crippen molar-refractivity contribution in [2.24, 2.45) is 0 Å². The second-order valence-electron chi connectivity index (χ2n) is 1.34. The molecule has 0 aromatic rings. The first kappa shape index (κ1) is 7.00. The van der Waals surface area contributed by atoms with Crippen LogP contribution in [0.2, 0.25) is 0 Å². The third kappa shape index (κ3) is 2.67. The van der Waals surface area contributed by atoms with E-state index in [2.05, 4.69) is 12.2 Å². The molecule has 1 aliphatic rings. The molecule has 0 saturated carbocycles. The summed E-state index contributed by atoms with van der Waals surface area (Å²) in [5.74, 6) is 0. The minimum atomic E-state index is 0. The van der Waals surface area contributed by atoms with E-state index in [0.29, 0.717) is 0 Å². The van der Waals surface area contributed by atoms with E-state index < -0.39 is 0 Å². The van der Waals surface area contributed by atoms with Crippen LogP contribution in [0.5, 0.6) is 0 Å². The van der Waals surface area contributed by atoms with Crippen molar-refractivity contribution in [3.8, 4) is 0 Å². The number of hydrogen-bond acceptors (Lipinski definition) is 0. The Balaban J connectivity index is 0.000000360. The van der Waals surface area contributed by atoms with Crippen LogP contribution in [0.1, 0.15) is 12.8 Å². The maximum absolute atomic E-state index is 3.07. The standard InChI is InChI=1S/C6H7.Cu/c1-2-4-6-5-3-1;/h1-3H,4,6H2;/q-1;+1. The molecule has 0 fully saturated rings. The fourth-order valence-electron chi connectivity index (χ4n) is 0.482. The Bertz CT molecular complexity index is 70.2. The predicted octanol–water partition coefficient (Wildman–Crippen LogP) is 1.69. The van der Waals surface area contributed by atoms with Crippen molar-refractivity contribution in [2.75, 3.05) is 0 Å². The third-order valence-electron chi connectivity index (χ3n) is 0.806. The summed E-state index contributed by atoms with van der Waals surface area (Å²) in [5.41, 5.74) is 0. The van der Waals surface area contributed by atoms with Crippen molar-refractivity contribution in [3.05, 3.63) is 24.3 Å². The van der Waals surface area contributed by atoms with Gasteiger partial charge >= 0.3 is 17.1 Å². The van der Waals surface area contributed by atoms with E-state index >= 15 is 0 Å². The van der Waals surface area contributed by atoms with Gasteiger partial charge in [0.05, 0.1) is 0 Å². The molecule has 7 heavy (non-hydrogen) atoms. The van der Waals surface area contributed by atoms with Gasteiger partial charge in [-0.05, 0) is 0 Å². The van der Waals surface area contributed by atoms with E-state index in [0.717, 1.165) is 6.42 Å². The van der Waals surface area contributed by atoms with Crippen molar-refractivity contribution in [1.82, 2.24) is 0 Å². The summed E-state index contributed by atoms with van der Waals surface area (Å²) in [6, 6.07) is 0. The van der Waals surface area contributed by atoms with E-state index in [-0.39, 0.29) is 17.1 Å². The Morgan fingerprint density at radius 2 is 2.29 bits per heavy atom. The summed E-state index contributed by atoms with van der Waals surface area (Å²) in [4.78, 5) is 0. The maximum Gasteiger partial charge on any atom is 1.00 e. The zero-order chi connectivity index (χ0) is 4.24. The van der Waals surface area contributed by atoms with Crippen molar-refractivity contribution >= 4 is 0 Å². The molecule has 0 heterocycles. The summed E-state index contributed by atoms with van der Waals surface area (Å²) in [6.07, 6.45) is 11.5. The number of hydrogen-bond donors (Lipinski definition) is 0. The minimum absolute atomic E-state index is 0. The Labute approximate surface area is 54.8 Å². The van der Waals surface area contributed by atoms with E-state index in [1.807, 2.05) is 12.2 Å². The monoisotopic (exact) mass is 142 g/mol. The molecular formula is C6H7Cu. The summed E-state index contributed by atoms with van der Waals surface area (Å²) >= 11 is 0. The summed E-state index contributed by atoms with van der Waals surface area (Å²) in [6.45, 7) is 0. The molecule has 0 spiro atoms. The molecule has 0 saturated heterocycles. The molecule has 42 valence electrons. The van der Waals surface area contributed by atoms with Gasteiger partial charge in [-0.25, -0.2) is 12.2 Å². The van der Waals surface area contributed by atoms with Gasteiger partial charge in [0.25, 0.3) is 0 Å².